The van der Waals surface area contributed by atoms with E-state index in [4.69, 9.17) is 27.9 Å². The van der Waals surface area contributed by atoms with E-state index in [-0.39, 0.29) is 4.83 Å². The summed E-state index contributed by atoms with van der Waals surface area (Å²) < 4.78 is 5.19. The molecule has 1 aromatic heterocycles. The Morgan fingerprint density at radius 3 is 2.70 bits per heavy atom. The molecule has 1 aromatic carbocycles. The van der Waals surface area contributed by atoms with Crippen LogP contribution < -0.4 is 4.74 Å². The van der Waals surface area contributed by atoms with E-state index in [1.165, 1.54) is 34.6 Å². The van der Waals surface area contributed by atoms with E-state index in [2.05, 4.69) is 22.0 Å². The van der Waals surface area contributed by atoms with Gasteiger partial charge in [0.2, 0.25) is 0 Å². The topological polar surface area (TPSA) is 9.23 Å². The summed E-state index contributed by atoms with van der Waals surface area (Å²) in [4.78, 5) is 2.88. The maximum Gasteiger partial charge on any atom is 0.138 e. The van der Waals surface area contributed by atoms with Crippen molar-refractivity contribution in [2.45, 2.75) is 24.1 Å². The Bertz CT molecular complexity index is 632. The largest absolute Gasteiger partial charge is 0.495 e. The molecule has 1 nitrogen and oxygen atoms in total. The van der Waals surface area contributed by atoms with E-state index in [9.17, 15) is 0 Å². The lowest BCUT2D eigenvalue weighted by molar-refractivity contribution is 0.415. The van der Waals surface area contributed by atoms with Gasteiger partial charge in [0.15, 0.2) is 0 Å². The number of fused-ring (bicyclic) bond motifs is 1. The fourth-order valence-electron chi connectivity index (χ4n) is 2.52. The number of ether oxygens (including phenoxy) is 1. The summed E-state index contributed by atoms with van der Waals surface area (Å²) in [6, 6.07) is 5.95. The van der Waals surface area contributed by atoms with Crippen molar-refractivity contribution in [2.75, 3.05) is 7.11 Å². The van der Waals surface area contributed by atoms with Crippen LogP contribution in [0, 0.1) is 0 Å². The molecule has 0 fully saturated rings. The lowest BCUT2D eigenvalue weighted by Gasteiger charge is -2.13. The molecular formula is C15H13BrCl2OS. The second-order valence-electron chi connectivity index (χ2n) is 4.82. The van der Waals surface area contributed by atoms with Crippen molar-refractivity contribution in [1.82, 2.24) is 0 Å². The van der Waals surface area contributed by atoms with Gasteiger partial charge in [0.1, 0.15) is 5.75 Å². The molecule has 0 spiro atoms. The molecule has 1 atom stereocenters. The van der Waals surface area contributed by atoms with Gasteiger partial charge in [-0.25, -0.2) is 0 Å². The zero-order valence-corrected chi connectivity index (χ0v) is 14.8. The van der Waals surface area contributed by atoms with Crippen LogP contribution in [0.2, 0.25) is 10.0 Å². The Kier molecular flexibility index (Phi) is 4.32. The highest BCUT2D eigenvalue weighted by Crippen LogP contribution is 2.44. The van der Waals surface area contributed by atoms with Crippen LogP contribution in [-0.4, -0.2) is 7.11 Å². The van der Waals surface area contributed by atoms with Gasteiger partial charge in [0.25, 0.3) is 0 Å². The monoisotopic (exact) mass is 390 g/mol. The third-order valence-electron chi connectivity index (χ3n) is 3.56. The van der Waals surface area contributed by atoms with E-state index in [1.807, 2.05) is 17.4 Å². The normalized spacial score (nSPS) is 15.2. The molecule has 0 saturated heterocycles. The Labute approximate surface area is 141 Å². The number of alkyl halides is 1. The fraction of sp³-hybridized carbons (Fsp3) is 0.333. The van der Waals surface area contributed by atoms with Gasteiger partial charge in [0.05, 0.1) is 17.0 Å². The first kappa shape index (κ1) is 14.7. The highest BCUT2D eigenvalue weighted by Gasteiger charge is 2.22. The number of hydrogen-bond acceptors (Lipinski definition) is 2. The molecule has 1 aliphatic carbocycles. The summed E-state index contributed by atoms with van der Waals surface area (Å²) in [6.07, 6.45) is 3.68. The van der Waals surface area contributed by atoms with Gasteiger partial charge in [-0.05, 0) is 42.5 Å². The van der Waals surface area contributed by atoms with Crippen molar-refractivity contribution >= 4 is 50.5 Å². The van der Waals surface area contributed by atoms with E-state index in [0.29, 0.717) is 15.8 Å². The predicted octanol–water partition coefficient (Wildman–Crippen LogP) is 6.04. The second kappa shape index (κ2) is 5.88. The van der Waals surface area contributed by atoms with Gasteiger partial charge < -0.3 is 4.74 Å². The van der Waals surface area contributed by atoms with Crippen molar-refractivity contribution in [2.24, 2.45) is 0 Å². The minimum absolute atomic E-state index is 0.0778. The summed E-state index contributed by atoms with van der Waals surface area (Å²) in [6.45, 7) is 0. The molecule has 0 bridgehead atoms. The first-order chi connectivity index (χ1) is 9.60. The van der Waals surface area contributed by atoms with E-state index < -0.39 is 0 Å². The fourth-order valence-corrected chi connectivity index (χ4v) is 5.21. The van der Waals surface area contributed by atoms with Gasteiger partial charge in [-0.1, -0.05) is 39.1 Å². The second-order valence-corrected chi connectivity index (χ2v) is 7.72. The van der Waals surface area contributed by atoms with E-state index in [1.54, 1.807) is 13.2 Å². The van der Waals surface area contributed by atoms with Gasteiger partial charge in [-0.3, -0.25) is 0 Å². The molecule has 0 radical (unpaired) electrons. The Hall–Kier alpha value is -0.220. The molecule has 1 heterocycles. The summed E-state index contributed by atoms with van der Waals surface area (Å²) >= 11 is 18.2. The van der Waals surface area contributed by atoms with E-state index in [0.717, 1.165) is 5.56 Å². The third kappa shape index (κ3) is 2.61. The molecular weight excluding hydrogens is 379 g/mol. The van der Waals surface area contributed by atoms with Gasteiger partial charge in [0, 0.05) is 20.8 Å². The van der Waals surface area contributed by atoms with Crippen LogP contribution in [0.3, 0.4) is 0 Å². The van der Waals surface area contributed by atoms with Crippen LogP contribution in [0.5, 0.6) is 5.75 Å². The minimum atomic E-state index is 0.0778. The van der Waals surface area contributed by atoms with Crippen LogP contribution in [-0.2, 0) is 12.8 Å². The standard InChI is InChI=1S/C15H13BrCl2OS/c1-19-12-7-10(17)9(6-11(12)18)15(16)14-5-8-3-2-4-13(8)20-14/h5-7,15H,2-4H2,1H3. The average molecular weight is 392 g/mol. The highest BCUT2D eigenvalue weighted by molar-refractivity contribution is 9.09. The lowest BCUT2D eigenvalue weighted by atomic mass is 10.1. The Morgan fingerprint density at radius 1 is 1.20 bits per heavy atom. The van der Waals surface area contributed by atoms with Gasteiger partial charge in [-0.2, -0.15) is 0 Å². The first-order valence-electron chi connectivity index (χ1n) is 6.38. The highest BCUT2D eigenvalue weighted by atomic mass is 79.9. The third-order valence-corrected chi connectivity index (χ3v) is 6.77. The van der Waals surface area contributed by atoms with Crippen LogP contribution >= 0.6 is 50.5 Å². The molecule has 0 N–H and O–H groups in total. The molecule has 3 rings (SSSR count). The number of thiophene rings is 1. The zero-order valence-electron chi connectivity index (χ0n) is 10.9. The Balaban J connectivity index is 1.97. The summed E-state index contributed by atoms with van der Waals surface area (Å²) in [7, 11) is 1.59. The number of methoxy groups -OCH3 is 1. The smallest absolute Gasteiger partial charge is 0.138 e. The van der Waals surface area contributed by atoms with Crippen LogP contribution in [0.25, 0.3) is 0 Å². The lowest BCUT2D eigenvalue weighted by Crippen LogP contribution is -1.94. The van der Waals surface area contributed by atoms with Crippen molar-refractivity contribution in [3.8, 4) is 5.75 Å². The van der Waals surface area contributed by atoms with E-state index >= 15 is 0 Å². The summed E-state index contributed by atoms with van der Waals surface area (Å²) in [5.74, 6) is 0.605. The van der Waals surface area contributed by atoms with Crippen LogP contribution in [0.1, 0.15) is 32.1 Å². The molecule has 0 aliphatic heterocycles. The van der Waals surface area contributed by atoms with Crippen LogP contribution in [0.15, 0.2) is 18.2 Å². The molecule has 106 valence electrons. The molecule has 1 unspecified atom stereocenters. The molecule has 2 aromatic rings. The number of hydrogen-bond donors (Lipinski definition) is 0. The quantitative estimate of drug-likeness (QED) is 0.579. The number of benzene rings is 1. The van der Waals surface area contributed by atoms with Crippen molar-refractivity contribution < 1.29 is 4.74 Å². The number of rotatable bonds is 3. The zero-order chi connectivity index (χ0) is 14.3. The molecule has 1 aliphatic rings. The molecule has 20 heavy (non-hydrogen) atoms. The SMILES string of the molecule is COc1cc(Cl)c(C(Br)c2cc3c(s2)CCC3)cc1Cl. The number of halogens is 3. The predicted molar refractivity (Wildman–Crippen MR) is 90.1 cm³/mol. The van der Waals surface area contributed by atoms with Gasteiger partial charge >= 0.3 is 0 Å². The maximum absolute atomic E-state index is 6.36. The van der Waals surface area contributed by atoms with Crippen LogP contribution in [0.4, 0.5) is 0 Å². The maximum atomic E-state index is 6.36. The Morgan fingerprint density at radius 2 is 2.00 bits per heavy atom. The van der Waals surface area contributed by atoms with Gasteiger partial charge in [-0.15, -0.1) is 11.3 Å². The summed E-state index contributed by atoms with van der Waals surface area (Å²) in [5, 5.41) is 1.25. The molecule has 5 heteroatoms. The summed E-state index contributed by atoms with van der Waals surface area (Å²) in [5.41, 5.74) is 2.47. The minimum Gasteiger partial charge on any atom is -0.495 e. The van der Waals surface area contributed by atoms with Crippen molar-refractivity contribution in [3.63, 3.8) is 0 Å². The van der Waals surface area contributed by atoms with Crippen molar-refractivity contribution in [3.05, 3.63) is 49.1 Å². The van der Waals surface area contributed by atoms with Crippen molar-refractivity contribution in [1.29, 1.82) is 0 Å². The molecule has 0 amide bonds. The molecule has 0 saturated carbocycles. The first-order valence-corrected chi connectivity index (χ1v) is 8.87. The average Bonchev–Trinajstić information content (AvgIpc) is 3.01. The number of aryl methyl sites for hydroxylation is 2.